The van der Waals surface area contributed by atoms with Crippen LogP contribution in [0, 0.1) is 5.41 Å². The summed E-state index contributed by atoms with van der Waals surface area (Å²) in [5, 5.41) is 0. The number of hydrogen-bond donors (Lipinski definition) is 0. The summed E-state index contributed by atoms with van der Waals surface area (Å²) in [5.74, 6) is 0. The Morgan fingerprint density at radius 2 is 1.60 bits per heavy atom. The van der Waals surface area contributed by atoms with Crippen LogP contribution in [0.1, 0.15) is 0 Å². The zero-order chi connectivity index (χ0) is 8.04. The molecule has 0 N–H and O–H groups in total. The Balaban J connectivity index is 4.29. The molecule has 0 aliphatic rings. The third kappa shape index (κ3) is 1.97. The molecule has 0 spiro atoms. The van der Waals surface area contributed by atoms with Gasteiger partial charge in [-0.1, -0.05) is 18.2 Å². The van der Waals surface area contributed by atoms with E-state index in [1.54, 1.807) is 18.2 Å². The lowest BCUT2D eigenvalue weighted by Crippen LogP contribution is -2.17. The van der Waals surface area contributed by atoms with Crippen molar-refractivity contribution in [2.45, 2.75) is 0 Å². The summed E-state index contributed by atoms with van der Waals surface area (Å²) in [6.07, 6.45) is 5.39. The molecule has 56 valence electrons. The first-order valence-electron chi connectivity index (χ1n) is 3.14. The first kappa shape index (κ1) is 9.40. The second-order valence-corrected chi connectivity index (χ2v) is 2.74. The monoisotopic (exact) mass is 154 g/mol. The molecule has 0 saturated heterocycles. The van der Waals surface area contributed by atoms with Crippen molar-refractivity contribution in [3.8, 4) is 0 Å². The molecule has 0 aliphatic carbocycles. The molecule has 1 nitrogen and oxygen atoms in total. The zero-order valence-electron chi connectivity index (χ0n) is 6.47. The highest BCUT2D eigenvalue weighted by atomic mass is 28.2. The van der Waals surface area contributed by atoms with Gasteiger partial charge in [-0.05, 0) is 0 Å². The lowest BCUT2D eigenvalue weighted by molar-refractivity contribution is 0.284. The molecule has 10 heavy (non-hydrogen) atoms. The highest BCUT2D eigenvalue weighted by molar-refractivity contribution is 5.98. The first-order chi connectivity index (χ1) is 4.74. The molecular formula is C8H14OSi. The van der Waals surface area contributed by atoms with Gasteiger partial charge in [-0.2, -0.15) is 0 Å². The fraction of sp³-hybridized carbons (Fsp3) is 0.250. The highest BCUT2D eigenvalue weighted by Crippen LogP contribution is 2.20. The van der Waals surface area contributed by atoms with Crippen LogP contribution in [0.4, 0.5) is 0 Å². The average Bonchev–Trinajstić information content (AvgIpc) is 2.01. The maximum Gasteiger partial charge on any atom is 0.146 e. The molecule has 0 heterocycles. The summed E-state index contributed by atoms with van der Waals surface area (Å²) >= 11 is 0. The fourth-order valence-electron chi connectivity index (χ4n) is 0.677. The van der Waals surface area contributed by atoms with Gasteiger partial charge in [0.1, 0.15) is 10.5 Å². The molecule has 0 unspecified atom stereocenters. The van der Waals surface area contributed by atoms with Gasteiger partial charge < -0.3 is 4.43 Å². The Hall–Kier alpha value is -0.603. The smallest absolute Gasteiger partial charge is 0.146 e. The molecule has 0 radical (unpaired) electrons. The van der Waals surface area contributed by atoms with Gasteiger partial charge in [-0.25, -0.2) is 0 Å². The standard InChI is InChI=1S/C8H14OSi/c1-4-8(5-2,6-3)7-9-10/h4-6H,1-3,7H2,10H3. The summed E-state index contributed by atoms with van der Waals surface area (Å²) in [6.45, 7) is 11.7. The first-order valence-corrected chi connectivity index (χ1v) is 3.96. The summed E-state index contributed by atoms with van der Waals surface area (Å²) in [4.78, 5) is 0. The van der Waals surface area contributed by atoms with Crippen molar-refractivity contribution in [1.82, 2.24) is 0 Å². The lowest BCUT2D eigenvalue weighted by Gasteiger charge is -2.20. The van der Waals surface area contributed by atoms with Gasteiger partial charge in [-0.15, -0.1) is 19.7 Å². The summed E-state index contributed by atoms with van der Waals surface area (Å²) in [5.41, 5.74) is -0.220. The summed E-state index contributed by atoms with van der Waals surface area (Å²) < 4.78 is 5.11. The van der Waals surface area contributed by atoms with Crippen LogP contribution in [-0.2, 0) is 4.43 Å². The quantitative estimate of drug-likeness (QED) is 0.421. The Morgan fingerprint density at radius 1 is 1.20 bits per heavy atom. The molecule has 2 heteroatoms. The zero-order valence-corrected chi connectivity index (χ0v) is 8.47. The van der Waals surface area contributed by atoms with E-state index >= 15 is 0 Å². The second-order valence-electron chi connectivity index (χ2n) is 2.16. The van der Waals surface area contributed by atoms with Crippen LogP contribution in [0.5, 0.6) is 0 Å². The average molecular weight is 154 g/mol. The maximum absolute atomic E-state index is 5.11. The van der Waals surface area contributed by atoms with Crippen LogP contribution in [0.2, 0.25) is 0 Å². The third-order valence-electron chi connectivity index (χ3n) is 1.53. The Morgan fingerprint density at radius 3 is 1.70 bits per heavy atom. The van der Waals surface area contributed by atoms with Gasteiger partial charge in [0.05, 0.1) is 0 Å². The van der Waals surface area contributed by atoms with Crippen LogP contribution in [-0.4, -0.2) is 17.1 Å². The topological polar surface area (TPSA) is 9.23 Å². The molecule has 0 aliphatic heterocycles. The van der Waals surface area contributed by atoms with E-state index < -0.39 is 0 Å². The van der Waals surface area contributed by atoms with E-state index in [0.717, 1.165) is 10.5 Å². The van der Waals surface area contributed by atoms with E-state index in [9.17, 15) is 0 Å². The molecule has 0 aromatic heterocycles. The molecule has 0 fully saturated rings. The maximum atomic E-state index is 5.11. The Bertz CT molecular complexity index is 118. The summed E-state index contributed by atoms with van der Waals surface area (Å²) in [7, 11) is 0.740. The molecular weight excluding hydrogens is 140 g/mol. The second kappa shape index (κ2) is 4.25. The van der Waals surface area contributed by atoms with Crippen molar-refractivity contribution < 1.29 is 4.43 Å². The largest absolute Gasteiger partial charge is 0.426 e. The highest BCUT2D eigenvalue weighted by Gasteiger charge is 2.16. The Kier molecular flexibility index (Phi) is 3.99. The van der Waals surface area contributed by atoms with Gasteiger partial charge in [0.2, 0.25) is 0 Å². The third-order valence-corrected chi connectivity index (χ3v) is 1.82. The van der Waals surface area contributed by atoms with E-state index in [1.165, 1.54) is 0 Å². The van der Waals surface area contributed by atoms with Crippen molar-refractivity contribution in [3.63, 3.8) is 0 Å². The van der Waals surface area contributed by atoms with Gasteiger partial charge >= 0.3 is 0 Å². The van der Waals surface area contributed by atoms with E-state index in [1.807, 2.05) is 0 Å². The van der Waals surface area contributed by atoms with Crippen molar-refractivity contribution >= 4 is 10.5 Å². The molecule has 0 aromatic rings. The van der Waals surface area contributed by atoms with Crippen LogP contribution >= 0.6 is 0 Å². The Labute approximate surface area is 65.6 Å². The van der Waals surface area contributed by atoms with E-state index in [4.69, 9.17) is 4.43 Å². The van der Waals surface area contributed by atoms with Crippen molar-refractivity contribution in [1.29, 1.82) is 0 Å². The van der Waals surface area contributed by atoms with Gasteiger partial charge in [0.15, 0.2) is 0 Å². The molecule has 0 saturated carbocycles. The van der Waals surface area contributed by atoms with Crippen molar-refractivity contribution in [2.24, 2.45) is 5.41 Å². The molecule has 0 rings (SSSR count). The van der Waals surface area contributed by atoms with E-state index in [0.29, 0.717) is 6.61 Å². The molecule has 0 aromatic carbocycles. The van der Waals surface area contributed by atoms with Crippen LogP contribution < -0.4 is 0 Å². The number of hydrogen-bond acceptors (Lipinski definition) is 1. The van der Waals surface area contributed by atoms with E-state index in [2.05, 4.69) is 19.7 Å². The molecule has 0 atom stereocenters. The van der Waals surface area contributed by atoms with Crippen LogP contribution in [0.3, 0.4) is 0 Å². The predicted octanol–water partition coefficient (Wildman–Crippen LogP) is 0.828. The normalized spacial score (nSPS) is 10.8. The minimum Gasteiger partial charge on any atom is -0.426 e. The van der Waals surface area contributed by atoms with Gasteiger partial charge in [0.25, 0.3) is 0 Å². The lowest BCUT2D eigenvalue weighted by atomic mass is 9.90. The van der Waals surface area contributed by atoms with Gasteiger partial charge in [-0.3, -0.25) is 0 Å². The SMILES string of the molecule is C=CC(C=C)(C=C)CO[SiH3]. The predicted molar refractivity (Wildman–Crippen MR) is 48.9 cm³/mol. The van der Waals surface area contributed by atoms with Crippen molar-refractivity contribution in [2.75, 3.05) is 6.61 Å². The molecule has 0 bridgehead atoms. The molecule has 0 amide bonds. The van der Waals surface area contributed by atoms with Crippen molar-refractivity contribution in [3.05, 3.63) is 38.0 Å². The van der Waals surface area contributed by atoms with Gasteiger partial charge in [0, 0.05) is 12.0 Å². The number of rotatable bonds is 5. The van der Waals surface area contributed by atoms with E-state index in [-0.39, 0.29) is 5.41 Å². The minimum absolute atomic E-state index is 0.220. The van der Waals surface area contributed by atoms with Crippen LogP contribution in [0.15, 0.2) is 38.0 Å². The van der Waals surface area contributed by atoms with Crippen LogP contribution in [0.25, 0.3) is 0 Å². The minimum atomic E-state index is -0.220. The fourth-order valence-corrected chi connectivity index (χ4v) is 1.18. The summed E-state index contributed by atoms with van der Waals surface area (Å²) in [6, 6.07) is 0.